The van der Waals surface area contributed by atoms with Gasteiger partial charge in [-0.2, -0.15) is 10.2 Å². The molecule has 0 bridgehead atoms. The van der Waals surface area contributed by atoms with E-state index >= 15 is 0 Å². The van der Waals surface area contributed by atoms with Crippen molar-refractivity contribution in [2.75, 3.05) is 13.2 Å². The third kappa shape index (κ3) is 7.04. The van der Waals surface area contributed by atoms with Crippen LogP contribution in [0.1, 0.15) is 25.0 Å². The van der Waals surface area contributed by atoms with E-state index in [0.717, 1.165) is 11.1 Å². The number of nitrogens with one attached hydrogen (secondary N) is 2. The summed E-state index contributed by atoms with van der Waals surface area (Å²) in [5.74, 6) is 0. The molecule has 2 N–H and O–H groups in total. The van der Waals surface area contributed by atoms with Gasteiger partial charge in [-0.15, -0.1) is 0 Å². The minimum atomic E-state index is -0.604. The van der Waals surface area contributed by atoms with Crippen molar-refractivity contribution in [2.45, 2.75) is 13.8 Å². The maximum absolute atomic E-state index is 11.0. The highest BCUT2D eigenvalue weighted by Crippen LogP contribution is 2.00. The molecule has 1 aromatic carbocycles. The van der Waals surface area contributed by atoms with Crippen LogP contribution in [0.5, 0.6) is 0 Å². The van der Waals surface area contributed by atoms with Crippen LogP contribution < -0.4 is 10.9 Å². The molecule has 1 aromatic rings. The lowest BCUT2D eigenvalue weighted by Gasteiger charge is -2.00. The number of amides is 2. The van der Waals surface area contributed by atoms with Crippen molar-refractivity contribution in [3.63, 3.8) is 0 Å². The maximum Gasteiger partial charge on any atom is 0.427 e. The molecule has 0 fully saturated rings. The molecule has 2 amide bonds. The van der Waals surface area contributed by atoms with Crippen LogP contribution in [0.15, 0.2) is 34.5 Å². The van der Waals surface area contributed by atoms with Gasteiger partial charge in [-0.25, -0.2) is 20.4 Å². The van der Waals surface area contributed by atoms with Crippen LogP contribution in [0, 0.1) is 0 Å². The van der Waals surface area contributed by atoms with Crippen LogP contribution in [-0.4, -0.2) is 37.8 Å². The molecule has 0 saturated carbocycles. The summed E-state index contributed by atoms with van der Waals surface area (Å²) >= 11 is 0. The van der Waals surface area contributed by atoms with Gasteiger partial charge in [0.25, 0.3) is 0 Å². The van der Waals surface area contributed by atoms with E-state index in [0.29, 0.717) is 0 Å². The molecule has 8 heteroatoms. The van der Waals surface area contributed by atoms with Crippen LogP contribution in [0.2, 0.25) is 0 Å². The molecular formula is C14H18N4O4. The number of carbonyl (C=O) groups excluding carboxylic acids is 2. The lowest BCUT2D eigenvalue weighted by molar-refractivity contribution is 0.152. The molecule has 1 rings (SSSR count). The first-order chi connectivity index (χ1) is 10.7. The summed E-state index contributed by atoms with van der Waals surface area (Å²) in [5.41, 5.74) is 6.02. The Labute approximate surface area is 128 Å². The number of carbonyl (C=O) groups is 2. The second-order valence-electron chi connectivity index (χ2n) is 3.85. The van der Waals surface area contributed by atoms with E-state index in [-0.39, 0.29) is 13.2 Å². The van der Waals surface area contributed by atoms with Gasteiger partial charge in [-0.1, -0.05) is 24.3 Å². The third-order valence-corrected chi connectivity index (χ3v) is 2.23. The van der Waals surface area contributed by atoms with Crippen molar-refractivity contribution in [1.82, 2.24) is 10.9 Å². The summed E-state index contributed by atoms with van der Waals surface area (Å²) in [6.07, 6.45) is 1.75. The summed E-state index contributed by atoms with van der Waals surface area (Å²) in [6.45, 7) is 3.99. The highest BCUT2D eigenvalue weighted by molar-refractivity contribution is 5.85. The number of rotatable bonds is 6. The Bertz CT molecular complexity index is 491. The van der Waals surface area contributed by atoms with E-state index in [1.807, 2.05) is 0 Å². The normalized spacial score (nSPS) is 10.6. The number of hydrazone groups is 2. The van der Waals surface area contributed by atoms with Gasteiger partial charge in [0.15, 0.2) is 0 Å². The van der Waals surface area contributed by atoms with Gasteiger partial charge >= 0.3 is 12.2 Å². The molecule has 0 saturated heterocycles. The molecular weight excluding hydrogens is 288 g/mol. The number of ether oxygens (including phenoxy) is 2. The van der Waals surface area contributed by atoms with Crippen molar-refractivity contribution in [1.29, 1.82) is 0 Å². The van der Waals surface area contributed by atoms with Crippen molar-refractivity contribution in [2.24, 2.45) is 10.2 Å². The Balaban J connectivity index is 2.45. The minimum absolute atomic E-state index is 0.287. The molecule has 0 aliphatic carbocycles. The van der Waals surface area contributed by atoms with Gasteiger partial charge in [0.2, 0.25) is 0 Å². The Kier molecular flexibility index (Phi) is 7.73. The number of benzene rings is 1. The molecule has 0 aromatic heterocycles. The predicted molar refractivity (Wildman–Crippen MR) is 81.9 cm³/mol. The zero-order valence-corrected chi connectivity index (χ0v) is 12.4. The summed E-state index contributed by atoms with van der Waals surface area (Å²) in [7, 11) is 0. The van der Waals surface area contributed by atoms with E-state index < -0.39 is 12.2 Å². The molecule has 0 aliphatic heterocycles. The number of nitrogens with zero attached hydrogens (tertiary/aromatic N) is 2. The van der Waals surface area contributed by atoms with Gasteiger partial charge in [0.1, 0.15) is 0 Å². The van der Waals surface area contributed by atoms with Gasteiger partial charge in [-0.3, -0.25) is 0 Å². The standard InChI is InChI=1S/C14H18N4O4/c1-3-21-13(19)17-15-9-11-5-7-12(8-6-11)10-16-18-14(20)22-4-2/h5-10H,3-4H2,1-2H3,(H,17,19)(H,18,20)/b15-9+,16-10+. The first-order valence-electron chi connectivity index (χ1n) is 6.67. The third-order valence-electron chi connectivity index (χ3n) is 2.23. The molecule has 0 aliphatic rings. The van der Waals surface area contributed by atoms with E-state index in [9.17, 15) is 9.59 Å². The molecule has 118 valence electrons. The number of hydrogen-bond donors (Lipinski definition) is 2. The van der Waals surface area contributed by atoms with E-state index in [1.54, 1.807) is 38.1 Å². The fraction of sp³-hybridized carbons (Fsp3) is 0.286. The minimum Gasteiger partial charge on any atom is -0.449 e. The fourth-order valence-electron chi connectivity index (χ4n) is 1.31. The topological polar surface area (TPSA) is 101 Å². The average Bonchev–Trinajstić information content (AvgIpc) is 2.49. The summed E-state index contributed by atoms with van der Waals surface area (Å²) in [5, 5.41) is 7.48. The molecule has 22 heavy (non-hydrogen) atoms. The van der Waals surface area contributed by atoms with Crippen molar-refractivity contribution in [3.05, 3.63) is 35.4 Å². The molecule has 0 heterocycles. The lowest BCUT2D eigenvalue weighted by Crippen LogP contribution is -2.18. The Morgan fingerprint density at radius 1 is 0.909 bits per heavy atom. The molecule has 0 unspecified atom stereocenters. The van der Waals surface area contributed by atoms with Crippen LogP contribution in [-0.2, 0) is 9.47 Å². The van der Waals surface area contributed by atoms with Gasteiger partial charge < -0.3 is 9.47 Å². The summed E-state index contributed by atoms with van der Waals surface area (Å²) < 4.78 is 9.31. The smallest absolute Gasteiger partial charge is 0.427 e. The average molecular weight is 306 g/mol. The quantitative estimate of drug-likeness (QED) is 0.618. The lowest BCUT2D eigenvalue weighted by atomic mass is 10.2. The highest BCUT2D eigenvalue weighted by Gasteiger charge is 1.97. The molecule has 0 atom stereocenters. The zero-order chi connectivity index (χ0) is 16.2. The van der Waals surface area contributed by atoms with Gasteiger partial charge in [0, 0.05) is 0 Å². The second-order valence-corrected chi connectivity index (χ2v) is 3.85. The predicted octanol–water partition coefficient (Wildman–Crippen LogP) is 1.85. The first kappa shape index (κ1) is 17.2. The van der Waals surface area contributed by atoms with E-state index in [1.165, 1.54) is 12.4 Å². The van der Waals surface area contributed by atoms with Crippen molar-refractivity contribution >= 4 is 24.6 Å². The van der Waals surface area contributed by atoms with Crippen molar-refractivity contribution in [3.8, 4) is 0 Å². The van der Waals surface area contributed by atoms with Crippen molar-refractivity contribution < 1.29 is 19.1 Å². The Hall–Kier alpha value is -2.90. The maximum atomic E-state index is 11.0. The Morgan fingerprint density at radius 2 is 1.27 bits per heavy atom. The highest BCUT2D eigenvalue weighted by atomic mass is 16.6. The van der Waals surface area contributed by atoms with Crippen LogP contribution >= 0.6 is 0 Å². The molecule has 0 radical (unpaired) electrons. The second kappa shape index (κ2) is 9.92. The largest absolute Gasteiger partial charge is 0.449 e. The molecule has 0 spiro atoms. The van der Waals surface area contributed by atoms with Crippen LogP contribution in [0.4, 0.5) is 9.59 Å². The van der Waals surface area contributed by atoms with E-state index in [4.69, 9.17) is 0 Å². The van der Waals surface area contributed by atoms with Gasteiger partial charge in [0.05, 0.1) is 25.6 Å². The van der Waals surface area contributed by atoms with Gasteiger partial charge in [-0.05, 0) is 25.0 Å². The Morgan fingerprint density at radius 3 is 1.59 bits per heavy atom. The molecule has 8 nitrogen and oxygen atoms in total. The number of hydrogen-bond acceptors (Lipinski definition) is 6. The monoisotopic (exact) mass is 306 g/mol. The fourth-order valence-corrected chi connectivity index (χ4v) is 1.31. The SMILES string of the molecule is CCOC(=O)N/N=C/c1ccc(/C=N/NC(=O)OCC)cc1. The summed E-state index contributed by atoms with van der Waals surface area (Å²) in [6, 6.07) is 7.12. The van der Waals surface area contributed by atoms with E-state index in [2.05, 4.69) is 30.5 Å². The van der Waals surface area contributed by atoms with Crippen LogP contribution in [0.25, 0.3) is 0 Å². The van der Waals surface area contributed by atoms with Crippen LogP contribution in [0.3, 0.4) is 0 Å². The summed E-state index contributed by atoms with van der Waals surface area (Å²) in [4.78, 5) is 22.0. The first-order valence-corrected chi connectivity index (χ1v) is 6.67. The zero-order valence-electron chi connectivity index (χ0n) is 12.4.